The van der Waals surface area contributed by atoms with Crippen LogP contribution in [0, 0.1) is 0 Å². The van der Waals surface area contributed by atoms with Crippen LogP contribution in [0.1, 0.15) is 152 Å². The molecule has 190 valence electrons. The van der Waals surface area contributed by atoms with Gasteiger partial charge in [0.15, 0.2) is 0 Å². The van der Waals surface area contributed by atoms with Crippen LogP contribution in [-0.4, -0.2) is 17.7 Å². The van der Waals surface area contributed by atoms with Crippen LogP contribution in [0.4, 0.5) is 0 Å². The van der Waals surface area contributed by atoms with Crippen LogP contribution in [0.5, 0.6) is 5.75 Å². The molecular formula is C30H52O3. The van der Waals surface area contributed by atoms with Crippen molar-refractivity contribution in [3.05, 3.63) is 29.8 Å². The van der Waals surface area contributed by atoms with E-state index in [1.54, 1.807) is 18.2 Å². The van der Waals surface area contributed by atoms with Gasteiger partial charge < -0.3 is 9.84 Å². The van der Waals surface area contributed by atoms with E-state index in [0.29, 0.717) is 12.2 Å². The number of rotatable bonds is 23. The molecule has 3 heteroatoms. The van der Waals surface area contributed by atoms with Gasteiger partial charge in [-0.1, -0.05) is 141 Å². The summed E-state index contributed by atoms with van der Waals surface area (Å²) in [5.41, 5.74) is 0.415. The molecule has 0 aliphatic heterocycles. The normalized spacial score (nSPS) is 11.1. The number of carbonyl (C=O) groups is 1. The smallest absolute Gasteiger partial charge is 0.338 e. The van der Waals surface area contributed by atoms with Gasteiger partial charge in [-0.15, -0.1) is 0 Å². The zero-order chi connectivity index (χ0) is 23.8. The summed E-state index contributed by atoms with van der Waals surface area (Å²) in [6, 6.07) is 6.32. The van der Waals surface area contributed by atoms with Crippen LogP contribution < -0.4 is 0 Å². The van der Waals surface area contributed by atoms with Crippen molar-refractivity contribution in [2.45, 2.75) is 142 Å². The lowest BCUT2D eigenvalue weighted by molar-refractivity contribution is 0.0497. The third-order valence-electron chi connectivity index (χ3n) is 6.56. The Labute approximate surface area is 204 Å². The molecule has 0 unspecified atom stereocenters. The molecule has 0 spiro atoms. The first-order valence-electron chi connectivity index (χ1n) is 14.2. The van der Waals surface area contributed by atoms with E-state index in [9.17, 15) is 9.90 Å². The number of unbranched alkanes of at least 4 members (excludes halogenated alkanes) is 20. The highest BCUT2D eigenvalue weighted by Crippen LogP contribution is 2.15. The van der Waals surface area contributed by atoms with Gasteiger partial charge in [-0.25, -0.2) is 4.79 Å². The highest BCUT2D eigenvalue weighted by atomic mass is 16.5. The molecule has 0 saturated heterocycles. The Morgan fingerprint density at radius 1 is 0.636 bits per heavy atom. The number of aromatic hydroxyl groups is 1. The number of benzene rings is 1. The standard InChI is InChI=1S/C30H52O3/c1-2-3-4-5-6-7-8-9-10-11-12-13-14-15-16-17-18-19-20-21-22-26-33-30(32)28-24-23-25-29(31)27-28/h23-25,27,31H,2-22,26H2,1H3. The van der Waals surface area contributed by atoms with E-state index in [1.807, 2.05) is 0 Å². The monoisotopic (exact) mass is 460 g/mol. The lowest BCUT2D eigenvalue weighted by atomic mass is 10.0. The molecule has 0 heterocycles. The number of carbonyl (C=O) groups excluding carboxylic acids is 1. The lowest BCUT2D eigenvalue weighted by Crippen LogP contribution is -2.06. The Balaban J connectivity index is 1.73. The van der Waals surface area contributed by atoms with Crippen LogP contribution >= 0.6 is 0 Å². The third-order valence-corrected chi connectivity index (χ3v) is 6.56. The van der Waals surface area contributed by atoms with Crippen molar-refractivity contribution in [1.29, 1.82) is 0 Å². The molecule has 1 aromatic rings. The summed E-state index contributed by atoms with van der Waals surface area (Å²) in [4.78, 5) is 11.9. The zero-order valence-corrected chi connectivity index (χ0v) is 21.6. The summed E-state index contributed by atoms with van der Waals surface area (Å²) < 4.78 is 5.27. The van der Waals surface area contributed by atoms with Crippen LogP contribution in [-0.2, 0) is 4.74 Å². The fraction of sp³-hybridized carbons (Fsp3) is 0.767. The predicted molar refractivity (Wildman–Crippen MR) is 141 cm³/mol. The van der Waals surface area contributed by atoms with Crippen LogP contribution in [0.3, 0.4) is 0 Å². The number of ether oxygens (including phenoxy) is 1. The molecule has 0 bridgehead atoms. The van der Waals surface area contributed by atoms with Crippen molar-refractivity contribution in [3.8, 4) is 5.75 Å². The van der Waals surface area contributed by atoms with Gasteiger partial charge in [0.2, 0.25) is 0 Å². The molecule has 1 N–H and O–H groups in total. The molecular weight excluding hydrogens is 408 g/mol. The summed E-state index contributed by atoms with van der Waals surface area (Å²) in [7, 11) is 0. The molecule has 1 rings (SSSR count). The van der Waals surface area contributed by atoms with E-state index in [2.05, 4.69) is 6.92 Å². The van der Waals surface area contributed by atoms with Crippen molar-refractivity contribution in [3.63, 3.8) is 0 Å². The molecule has 33 heavy (non-hydrogen) atoms. The SMILES string of the molecule is CCCCCCCCCCCCCCCCCCCCCCCOC(=O)c1cccc(O)c1. The van der Waals surface area contributed by atoms with Crippen molar-refractivity contribution in [2.24, 2.45) is 0 Å². The fourth-order valence-electron chi connectivity index (χ4n) is 4.42. The van der Waals surface area contributed by atoms with Gasteiger partial charge in [-0.2, -0.15) is 0 Å². The van der Waals surface area contributed by atoms with Gasteiger partial charge in [-0.05, 0) is 24.6 Å². The lowest BCUT2D eigenvalue weighted by Gasteiger charge is -2.06. The van der Waals surface area contributed by atoms with E-state index in [4.69, 9.17) is 4.74 Å². The molecule has 0 aliphatic rings. The molecule has 0 saturated carbocycles. The highest BCUT2D eigenvalue weighted by molar-refractivity contribution is 5.89. The molecule has 0 radical (unpaired) electrons. The molecule has 0 aliphatic carbocycles. The first-order valence-corrected chi connectivity index (χ1v) is 14.2. The van der Waals surface area contributed by atoms with E-state index in [1.165, 1.54) is 128 Å². The molecule has 0 atom stereocenters. The fourth-order valence-corrected chi connectivity index (χ4v) is 4.42. The topological polar surface area (TPSA) is 46.5 Å². The van der Waals surface area contributed by atoms with E-state index in [-0.39, 0.29) is 11.7 Å². The van der Waals surface area contributed by atoms with Gasteiger partial charge >= 0.3 is 5.97 Å². The van der Waals surface area contributed by atoms with Crippen LogP contribution in [0.2, 0.25) is 0 Å². The highest BCUT2D eigenvalue weighted by Gasteiger charge is 2.07. The number of hydrogen-bond acceptors (Lipinski definition) is 3. The van der Waals surface area contributed by atoms with E-state index < -0.39 is 0 Å². The second-order valence-corrected chi connectivity index (χ2v) is 9.76. The van der Waals surface area contributed by atoms with Crippen molar-refractivity contribution in [1.82, 2.24) is 0 Å². The maximum atomic E-state index is 11.9. The zero-order valence-electron chi connectivity index (χ0n) is 21.6. The van der Waals surface area contributed by atoms with Crippen molar-refractivity contribution in [2.75, 3.05) is 6.61 Å². The number of phenolic OH excluding ortho intramolecular Hbond substituents is 1. The molecule has 0 amide bonds. The second kappa shape index (κ2) is 22.3. The number of hydrogen-bond donors (Lipinski definition) is 1. The predicted octanol–water partition coefficient (Wildman–Crippen LogP) is 9.76. The summed E-state index contributed by atoms with van der Waals surface area (Å²) in [5, 5.41) is 9.41. The van der Waals surface area contributed by atoms with Gasteiger partial charge in [0, 0.05) is 0 Å². The Hall–Kier alpha value is -1.51. The summed E-state index contributed by atoms with van der Waals surface area (Å²) >= 11 is 0. The Morgan fingerprint density at radius 3 is 1.42 bits per heavy atom. The van der Waals surface area contributed by atoms with Crippen molar-refractivity contribution >= 4 is 5.97 Å². The van der Waals surface area contributed by atoms with E-state index >= 15 is 0 Å². The van der Waals surface area contributed by atoms with Crippen LogP contribution in [0.25, 0.3) is 0 Å². The quantitative estimate of drug-likeness (QED) is 0.130. The molecule has 0 aromatic heterocycles. The summed E-state index contributed by atoms with van der Waals surface area (Å²) in [6.45, 7) is 2.75. The minimum absolute atomic E-state index is 0.0959. The van der Waals surface area contributed by atoms with Gasteiger partial charge in [0.1, 0.15) is 5.75 Å². The number of phenols is 1. The maximum Gasteiger partial charge on any atom is 0.338 e. The Kier molecular flexibility index (Phi) is 19.9. The van der Waals surface area contributed by atoms with Gasteiger partial charge in [-0.3, -0.25) is 0 Å². The first-order chi connectivity index (χ1) is 16.2. The number of esters is 1. The third kappa shape index (κ3) is 18.6. The first kappa shape index (κ1) is 29.5. The molecule has 3 nitrogen and oxygen atoms in total. The minimum Gasteiger partial charge on any atom is -0.508 e. The maximum absolute atomic E-state index is 11.9. The second-order valence-electron chi connectivity index (χ2n) is 9.76. The van der Waals surface area contributed by atoms with Crippen molar-refractivity contribution < 1.29 is 14.6 Å². The van der Waals surface area contributed by atoms with Crippen LogP contribution in [0.15, 0.2) is 24.3 Å². The molecule has 1 aromatic carbocycles. The Bertz CT molecular complexity index is 569. The largest absolute Gasteiger partial charge is 0.508 e. The van der Waals surface area contributed by atoms with Gasteiger partial charge in [0.25, 0.3) is 0 Å². The Morgan fingerprint density at radius 2 is 1.03 bits per heavy atom. The van der Waals surface area contributed by atoms with Gasteiger partial charge in [0.05, 0.1) is 12.2 Å². The minimum atomic E-state index is -0.348. The summed E-state index contributed by atoms with van der Waals surface area (Å²) in [6.07, 6.45) is 28.7. The average molecular weight is 461 g/mol. The summed E-state index contributed by atoms with van der Waals surface area (Å²) in [5.74, 6) is -0.252. The van der Waals surface area contributed by atoms with E-state index in [0.717, 1.165) is 12.8 Å². The molecule has 0 fully saturated rings. The average Bonchev–Trinajstić information content (AvgIpc) is 2.82.